The van der Waals surface area contributed by atoms with Crippen LogP contribution in [-0.2, 0) is 0 Å². The van der Waals surface area contributed by atoms with Gasteiger partial charge >= 0.3 is 0 Å². The van der Waals surface area contributed by atoms with E-state index >= 15 is 0 Å². The Hall–Kier alpha value is -1.17. The fraction of sp³-hybridized carbons (Fsp3) is 0.533. The van der Waals surface area contributed by atoms with Crippen molar-refractivity contribution >= 4 is 22.6 Å². The number of hydrogen-bond acceptors (Lipinski definition) is 2. The number of halogens is 1. The van der Waals surface area contributed by atoms with E-state index in [0.717, 1.165) is 10.8 Å². The van der Waals surface area contributed by atoms with Crippen LogP contribution in [0.1, 0.15) is 52.9 Å². The summed E-state index contributed by atoms with van der Waals surface area (Å²) in [6.07, 6.45) is 24.9. The lowest BCUT2D eigenvalue weighted by Crippen LogP contribution is -2.63. The van der Waals surface area contributed by atoms with Gasteiger partial charge in [0.25, 0.3) is 0 Å². The van der Waals surface area contributed by atoms with Crippen molar-refractivity contribution in [2.75, 3.05) is 4.43 Å². The molecule has 0 aromatic rings. The molecule has 33 heavy (non-hydrogen) atoms. The second-order valence-electron chi connectivity index (χ2n) is 11.0. The molecule has 176 valence electrons. The molecule has 2 N–H and O–H groups in total. The molecule has 2 heterocycles. The lowest BCUT2D eigenvalue weighted by Gasteiger charge is -2.48. The second-order valence-corrected chi connectivity index (χ2v) is 11.8. The summed E-state index contributed by atoms with van der Waals surface area (Å²) in [5, 5.41) is 8.09. The van der Waals surface area contributed by atoms with Gasteiger partial charge in [-0.05, 0) is 67.2 Å². The Morgan fingerprint density at radius 2 is 1.97 bits per heavy atom. The van der Waals surface area contributed by atoms with Crippen LogP contribution in [0.2, 0.25) is 0 Å². The Morgan fingerprint density at radius 3 is 2.73 bits per heavy atom. The summed E-state index contributed by atoms with van der Waals surface area (Å²) >= 11 is 2.59. The summed E-state index contributed by atoms with van der Waals surface area (Å²) in [6, 6.07) is 1.83. The quantitative estimate of drug-likeness (QED) is 0.223. The number of piperidine rings is 1. The lowest BCUT2D eigenvalue weighted by molar-refractivity contribution is 0.191. The Labute approximate surface area is 214 Å². The molecular weight excluding hydrogens is 515 g/mol. The van der Waals surface area contributed by atoms with E-state index in [4.69, 9.17) is 0 Å². The smallest absolute Gasteiger partial charge is 0.0330 e. The molecule has 0 bridgehead atoms. The monoisotopic (exact) mass is 554 g/mol. The average molecular weight is 555 g/mol. The maximum absolute atomic E-state index is 4.15. The third-order valence-electron chi connectivity index (χ3n) is 8.76. The standard InChI is InChI=1S/C30H39IN2/c1-5-8-23-15-13-20-11-12-21-14-16-27(33-29(21)28(20)32-23)22(18-31)17-26-19(2)24-9-6-7-10-25(24)30(26,3)4/h5-6,9,11-13,15,17,20-21,23,27-29,32-33H,1,7-8,10,14,16,18H2,2-4H3/b22-17+. The Morgan fingerprint density at radius 1 is 1.15 bits per heavy atom. The molecule has 3 aliphatic carbocycles. The molecule has 2 aliphatic heterocycles. The molecule has 3 heteroatoms. The highest BCUT2D eigenvalue weighted by molar-refractivity contribution is 14.1. The Kier molecular flexibility index (Phi) is 6.76. The minimum atomic E-state index is 0.144. The number of allylic oxidation sites excluding steroid dienone is 7. The largest absolute Gasteiger partial charge is 0.305 e. The van der Waals surface area contributed by atoms with E-state index in [9.17, 15) is 0 Å². The van der Waals surface area contributed by atoms with E-state index in [0.29, 0.717) is 36.0 Å². The maximum Gasteiger partial charge on any atom is 0.0330 e. The molecule has 0 radical (unpaired) electrons. The summed E-state index contributed by atoms with van der Waals surface area (Å²) in [7, 11) is 0. The summed E-state index contributed by atoms with van der Waals surface area (Å²) in [5.74, 6) is 1.12. The molecule has 6 atom stereocenters. The minimum absolute atomic E-state index is 0.144. The molecule has 1 saturated heterocycles. The number of alkyl halides is 1. The van der Waals surface area contributed by atoms with Crippen molar-refractivity contribution in [2.24, 2.45) is 17.3 Å². The molecule has 2 nitrogen and oxygen atoms in total. The maximum atomic E-state index is 4.15. The summed E-state index contributed by atoms with van der Waals surface area (Å²) in [6.45, 7) is 11.2. The van der Waals surface area contributed by atoms with E-state index < -0.39 is 0 Å². The van der Waals surface area contributed by atoms with Gasteiger partial charge in [0.1, 0.15) is 0 Å². The van der Waals surface area contributed by atoms with Gasteiger partial charge in [0.05, 0.1) is 0 Å². The van der Waals surface area contributed by atoms with Gasteiger partial charge in [-0.2, -0.15) is 0 Å². The molecule has 5 rings (SSSR count). The number of fused-ring (bicyclic) bond motifs is 3. The van der Waals surface area contributed by atoms with Gasteiger partial charge in [0.15, 0.2) is 0 Å². The summed E-state index contributed by atoms with van der Waals surface area (Å²) < 4.78 is 1.08. The van der Waals surface area contributed by atoms with Crippen LogP contribution in [0.15, 0.2) is 83.1 Å². The number of hydrogen-bond donors (Lipinski definition) is 2. The average Bonchev–Trinajstić information content (AvgIpc) is 3.02. The molecule has 6 unspecified atom stereocenters. The van der Waals surface area contributed by atoms with E-state index in [-0.39, 0.29) is 5.41 Å². The van der Waals surface area contributed by atoms with Crippen molar-refractivity contribution in [1.82, 2.24) is 10.6 Å². The topological polar surface area (TPSA) is 24.1 Å². The van der Waals surface area contributed by atoms with Crippen LogP contribution in [0.3, 0.4) is 0 Å². The third-order valence-corrected chi connectivity index (χ3v) is 9.64. The molecule has 0 amide bonds. The normalized spacial score (nSPS) is 37.2. The van der Waals surface area contributed by atoms with Crippen LogP contribution in [0.5, 0.6) is 0 Å². The first kappa shape index (κ1) is 23.6. The van der Waals surface area contributed by atoms with Crippen molar-refractivity contribution in [2.45, 2.75) is 77.0 Å². The second kappa shape index (κ2) is 9.47. The van der Waals surface area contributed by atoms with Crippen LogP contribution in [0, 0.1) is 17.3 Å². The lowest BCUT2D eigenvalue weighted by atomic mass is 9.72. The zero-order valence-electron chi connectivity index (χ0n) is 20.4. The summed E-state index contributed by atoms with van der Waals surface area (Å²) in [4.78, 5) is 0. The van der Waals surface area contributed by atoms with E-state index in [1.54, 1.807) is 16.7 Å². The van der Waals surface area contributed by atoms with Crippen molar-refractivity contribution < 1.29 is 0 Å². The minimum Gasteiger partial charge on any atom is -0.305 e. The third kappa shape index (κ3) is 4.23. The highest BCUT2D eigenvalue weighted by Gasteiger charge is 2.42. The number of nitrogens with one attached hydrogen (secondary N) is 2. The van der Waals surface area contributed by atoms with Crippen molar-refractivity contribution in [3.8, 4) is 0 Å². The van der Waals surface area contributed by atoms with Gasteiger partial charge in [-0.25, -0.2) is 0 Å². The molecule has 0 aromatic carbocycles. The number of rotatable bonds is 5. The SMILES string of the molecule is C=CCC1C=CC2C=CC3CCC(/C(=C/C4=C(C)C5=C(CCC=C5)C4(C)C)CI)NC3C2N1. The molecule has 1 fully saturated rings. The highest BCUT2D eigenvalue weighted by Crippen LogP contribution is 2.51. The van der Waals surface area contributed by atoms with Gasteiger partial charge in [-0.15, -0.1) is 6.58 Å². The van der Waals surface area contributed by atoms with Crippen LogP contribution < -0.4 is 10.6 Å². The predicted molar refractivity (Wildman–Crippen MR) is 150 cm³/mol. The molecule has 5 aliphatic rings. The molecule has 0 spiro atoms. The molecule has 0 aromatic heterocycles. The summed E-state index contributed by atoms with van der Waals surface area (Å²) in [5.41, 5.74) is 7.90. The van der Waals surface area contributed by atoms with Gasteiger partial charge in [-0.1, -0.05) is 90.6 Å². The van der Waals surface area contributed by atoms with E-state index in [1.165, 1.54) is 36.8 Å². The first-order valence-corrected chi connectivity index (χ1v) is 14.3. The van der Waals surface area contributed by atoms with Gasteiger partial charge in [0.2, 0.25) is 0 Å². The zero-order chi connectivity index (χ0) is 23.2. The Bertz CT molecular complexity index is 989. The van der Waals surface area contributed by atoms with Crippen molar-refractivity contribution in [3.05, 3.63) is 83.1 Å². The van der Waals surface area contributed by atoms with E-state index in [1.807, 2.05) is 6.08 Å². The predicted octanol–water partition coefficient (Wildman–Crippen LogP) is 6.75. The van der Waals surface area contributed by atoms with Crippen LogP contribution in [-0.4, -0.2) is 28.6 Å². The van der Waals surface area contributed by atoms with Crippen LogP contribution >= 0.6 is 22.6 Å². The van der Waals surface area contributed by atoms with Crippen LogP contribution in [0.25, 0.3) is 0 Å². The highest BCUT2D eigenvalue weighted by atomic mass is 127. The zero-order valence-corrected chi connectivity index (χ0v) is 22.6. The first-order chi connectivity index (χ1) is 15.9. The molecular formula is C30H39IN2. The Balaban J connectivity index is 1.40. The molecule has 0 saturated carbocycles. The fourth-order valence-corrected chi connectivity index (χ4v) is 7.68. The first-order valence-electron chi connectivity index (χ1n) is 12.8. The van der Waals surface area contributed by atoms with Gasteiger partial charge < -0.3 is 10.6 Å². The fourth-order valence-electron chi connectivity index (χ4n) is 6.92. The van der Waals surface area contributed by atoms with Gasteiger partial charge in [0, 0.05) is 39.9 Å². The van der Waals surface area contributed by atoms with Crippen molar-refractivity contribution in [1.29, 1.82) is 0 Å². The van der Waals surface area contributed by atoms with E-state index in [2.05, 4.69) is 103 Å². The van der Waals surface area contributed by atoms with Crippen molar-refractivity contribution in [3.63, 3.8) is 0 Å². The van der Waals surface area contributed by atoms with Crippen LogP contribution in [0.4, 0.5) is 0 Å². The van der Waals surface area contributed by atoms with Gasteiger partial charge in [-0.3, -0.25) is 0 Å².